The number of nitrogens with two attached hydrogens (primary N) is 1. The Morgan fingerprint density at radius 2 is 1.94 bits per heavy atom. The van der Waals surface area contributed by atoms with Gasteiger partial charge in [0.05, 0.1) is 5.69 Å². The van der Waals surface area contributed by atoms with Gasteiger partial charge in [-0.1, -0.05) is 29.8 Å². The number of rotatable bonds is 3. The van der Waals surface area contributed by atoms with Crippen molar-refractivity contribution in [2.75, 3.05) is 17.7 Å². The van der Waals surface area contributed by atoms with Crippen molar-refractivity contribution >= 4 is 27.4 Å². The molecule has 94 valence electrons. The van der Waals surface area contributed by atoms with Crippen LogP contribution in [0.25, 0.3) is 0 Å². The summed E-state index contributed by atoms with van der Waals surface area (Å²) in [6.45, 7) is 2.88. The van der Waals surface area contributed by atoms with E-state index >= 15 is 0 Å². The Bertz CT molecular complexity index is 537. The Morgan fingerprint density at radius 1 is 1.28 bits per heavy atom. The van der Waals surface area contributed by atoms with Gasteiger partial charge in [-0.3, -0.25) is 0 Å². The first-order chi connectivity index (χ1) is 8.56. The molecular formula is C14H16BrN3. The number of aromatic nitrogens is 1. The second-order valence-corrected chi connectivity index (χ2v) is 5.32. The van der Waals surface area contributed by atoms with Crippen LogP contribution in [0.1, 0.15) is 11.1 Å². The van der Waals surface area contributed by atoms with E-state index in [2.05, 4.69) is 52.1 Å². The Hall–Kier alpha value is -1.55. The normalized spacial score (nSPS) is 10.4. The van der Waals surface area contributed by atoms with Crippen molar-refractivity contribution in [1.29, 1.82) is 0 Å². The van der Waals surface area contributed by atoms with Crippen LogP contribution in [-0.4, -0.2) is 12.0 Å². The van der Waals surface area contributed by atoms with Gasteiger partial charge in [-0.15, -0.1) is 0 Å². The van der Waals surface area contributed by atoms with Crippen molar-refractivity contribution in [3.8, 4) is 0 Å². The van der Waals surface area contributed by atoms with Crippen LogP contribution < -0.4 is 10.6 Å². The summed E-state index contributed by atoms with van der Waals surface area (Å²) < 4.78 is 0.896. The molecule has 0 spiro atoms. The minimum atomic E-state index is 0.680. The smallest absolute Gasteiger partial charge is 0.151 e. The van der Waals surface area contributed by atoms with Gasteiger partial charge in [0.2, 0.25) is 0 Å². The van der Waals surface area contributed by atoms with Gasteiger partial charge in [-0.25, -0.2) is 4.98 Å². The first kappa shape index (κ1) is 12.9. The Kier molecular flexibility index (Phi) is 3.87. The molecule has 1 aromatic heterocycles. The summed E-state index contributed by atoms with van der Waals surface area (Å²) >= 11 is 3.36. The maximum absolute atomic E-state index is 5.97. The first-order valence-electron chi connectivity index (χ1n) is 5.74. The quantitative estimate of drug-likeness (QED) is 0.945. The monoisotopic (exact) mass is 305 g/mol. The summed E-state index contributed by atoms with van der Waals surface area (Å²) in [4.78, 5) is 6.39. The van der Waals surface area contributed by atoms with E-state index in [9.17, 15) is 0 Å². The highest BCUT2D eigenvalue weighted by Crippen LogP contribution is 2.23. The van der Waals surface area contributed by atoms with Crippen LogP contribution in [0.5, 0.6) is 0 Å². The van der Waals surface area contributed by atoms with Gasteiger partial charge in [0, 0.05) is 24.3 Å². The molecule has 0 bridgehead atoms. The third kappa shape index (κ3) is 3.01. The van der Waals surface area contributed by atoms with E-state index in [0.717, 1.165) is 16.8 Å². The van der Waals surface area contributed by atoms with Crippen molar-refractivity contribution < 1.29 is 0 Å². The first-order valence-corrected chi connectivity index (χ1v) is 6.53. The molecule has 0 unspecified atom stereocenters. The van der Waals surface area contributed by atoms with Crippen molar-refractivity contribution in [3.05, 3.63) is 52.1 Å². The molecule has 18 heavy (non-hydrogen) atoms. The highest BCUT2D eigenvalue weighted by atomic mass is 79.9. The Balaban J connectivity index is 2.16. The number of pyridine rings is 1. The summed E-state index contributed by atoms with van der Waals surface area (Å²) in [5.41, 5.74) is 9.15. The summed E-state index contributed by atoms with van der Waals surface area (Å²) in [5, 5.41) is 0. The maximum atomic E-state index is 5.97. The number of anilines is 2. The van der Waals surface area contributed by atoms with Crippen molar-refractivity contribution in [1.82, 2.24) is 4.98 Å². The zero-order valence-corrected chi connectivity index (χ0v) is 12.1. The van der Waals surface area contributed by atoms with Crippen LogP contribution >= 0.6 is 15.9 Å². The lowest BCUT2D eigenvalue weighted by atomic mass is 10.1. The van der Waals surface area contributed by atoms with Gasteiger partial charge in [-0.2, -0.15) is 0 Å². The van der Waals surface area contributed by atoms with E-state index in [-0.39, 0.29) is 0 Å². The molecule has 1 heterocycles. The molecule has 0 saturated heterocycles. The summed E-state index contributed by atoms with van der Waals surface area (Å²) in [6, 6.07) is 10.3. The average molecular weight is 306 g/mol. The van der Waals surface area contributed by atoms with E-state index in [1.165, 1.54) is 11.1 Å². The molecule has 0 saturated carbocycles. The van der Waals surface area contributed by atoms with E-state index in [1.54, 1.807) is 6.20 Å². The van der Waals surface area contributed by atoms with Crippen LogP contribution in [0.3, 0.4) is 0 Å². The predicted molar refractivity (Wildman–Crippen MR) is 79.6 cm³/mol. The van der Waals surface area contributed by atoms with Gasteiger partial charge >= 0.3 is 0 Å². The minimum Gasteiger partial charge on any atom is -0.396 e. The maximum Gasteiger partial charge on any atom is 0.151 e. The molecule has 2 rings (SSSR count). The summed E-state index contributed by atoms with van der Waals surface area (Å²) in [6.07, 6.45) is 1.76. The average Bonchev–Trinajstić information content (AvgIpc) is 2.32. The fourth-order valence-corrected chi connectivity index (χ4v) is 2.16. The highest BCUT2D eigenvalue weighted by Gasteiger charge is 2.07. The molecule has 2 N–H and O–H groups in total. The fraction of sp³-hybridized carbons (Fsp3) is 0.214. The zero-order valence-electron chi connectivity index (χ0n) is 10.5. The lowest BCUT2D eigenvalue weighted by Gasteiger charge is -2.20. The van der Waals surface area contributed by atoms with Crippen molar-refractivity contribution in [3.63, 3.8) is 0 Å². The third-order valence-electron chi connectivity index (χ3n) is 2.76. The molecule has 3 nitrogen and oxygen atoms in total. The number of aryl methyl sites for hydroxylation is 1. The molecule has 4 heteroatoms. The van der Waals surface area contributed by atoms with E-state index < -0.39 is 0 Å². The van der Waals surface area contributed by atoms with Gasteiger partial charge in [-0.05, 0) is 34.5 Å². The van der Waals surface area contributed by atoms with Crippen molar-refractivity contribution in [2.24, 2.45) is 0 Å². The number of nitrogen functional groups attached to an aromatic ring is 1. The number of nitrogens with zero attached hydrogens (tertiary/aromatic N) is 2. The Morgan fingerprint density at radius 3 is 2.56 bits per heavy atom. The molecule has 2 aromatic rings. The van der Waals surface area contributed by atoms with Crippen LogP contribution in [-0.2, 0) is 6.54 Å². The molecule has 1 aromatic carbocycles. The third-order valence-corrected chi connectivity index (χ3v) is 3.20. The molecule has 0 radical (unpaired) electrons. The van der Waals surface area contributed by atoms with Crippen LogP contribution in [0, 0.1) is 6.92 Å². The lowest BCUT2D eigenvalue weighted by molar-refractivity contribution is 0.899. The van der Waals surface area contributed by atoms with Gasteiger partial charge < -0.3 is 10.6 Å². The molecule has 0 aliphatic carbocycles. The molecule has 0 atom stereocenters. The van der Waals surface area contributed by atoms with Crippen LogP contribution in [0.2, 0.25) is 0 Å². The molecule has 0 aliphatic rings. The van der Waals surface area contributed by atoms with Gasteiger partial charge in [0.25, 0.3) is 0 Å². The molecule has 0 fully saturated rings. The Labute approximate surface area is 116 Å². The minimum absolute atomic E-state index is 0.680. The number of benzene rings is 1. The lowest BCUT2D eigenvalue weighted by Crippen LogP contribution is -2.19. The van der Waals surface area contributed by atoms with Gasteiger partial charge in [0.15, 0.2) is 5.82 Å². The van der Waals surface area contributed by atoms with Crippen LogP contribution in [0.4, 0.5) is 11.5 Å². The zero-order chi connectivity index (χ0) is 13.1. The van der Waals surface area contributed by atoms with E-state index in [4.69, 9.17) is 5.73 Å². The highest BCUT2D eigenvalue weighted by molar-refractivity contribution is 9.10. The second kappa shape index (κ2) is 5.40. The summed E-state index contributed by atoms with van der Waals surface area (Å²) in [5.74, 6) is 0.804. The fourth-order valence-electron chi connectivity index (χ4n) is 1.81. The SMILES string of the molecule is Cc1ccc(CN(C)c2ncc(Br)cc2N)cc1. The molecular weight excluding hydrogens is 290 g/mol. The van der Waals surface area contributed by atoms with E-state index in [0.29, 0.717) is 5.69 Å². The summed E-state index contributed by atoms with van der Waals surface area (Å²) in [7, 11) is 1.99. The van der Waals surface area contributed by atoms with Crippen LogP contribution in [0.15, 0.2) is 41.0 Å². The standard InChI is InChI=1S/C14H16BrN3/c1-10-3-5-11(6-4-10)9-18(2)14-13(16)7-12(15)8-17-14/h3-8H,9,16H2,1-2H3. The predicted octanol–water partition coefficient (Wildman–Crippen LogP) is 3.37. The van der Waals surface area contributed by atoms with Gasteiger partial charge in [0.1, 0.15) is 0 Å². The molecule has 0 aliphatic heterocycles. The number of hydrogen-bond donors (Lipinski definition) is 1. The van der Waals surface area contributed by atoms with E-state index in [1.807, 2.05) is 18.0 Å². The molecule has 0 amide bonds. The number of halogens is 1. The largest absolute Gasteiger partial charge is 0.396 e. The van der Waals surface area contributed by atoms with Crippen molar-refractivity contribution in [2.45, 2.75) is 13.5 Å². The topological polar surface area (TPSA) is 42.2 Å². The number of hydrogen-bond acceptors (Lipinski definition) is 3. The second-order valence-electron chi connectivity index (χ2n) is 4.41.